The molecule has 0 aliphatic carbocycles. The Morgan fingerprint density at radius 2 is 1.86 bits per heavy atom. The van der Waals surface area contributed by atoms with Crippen LogP contribution in [0.1, 0.15) is 19.4 Å². The van der Waals surface area contributed by atoms with Gasteiger partial charge in [0.2, 0.25) is 0 Å². The molecule has 1 N–H and O–H groups in total. The second-order valence-corrected chi connectivity index (χ2v) is 5.36. The minimum atomic E-state index is -4.64. The van der Waals surface area contributed by atoms with Gasteiger partial charge in [-0.2, -0.15) is 0 Å². The molecule has 21 heavy (non-hydrogen) atoms. The Morgan fingerprint density at radius 1 is 1.24 bits per heavy atom. The van der Waals surface area contributed by atoms with Crippen LogP contribution in [0.3, 0.4) is 0 Å². The zero-order valence-electron chi connectivity index (χ0n) is 12.0. The minimum absolute atomic E-state index is 0. The van der Waals surface area contributed by atoms with Crippen LogP contribution in [0.4, 0.5) is 13.2 Å². The van der Waals surface area contributed by atoms with Crippen molar-refractivity contribution in [3.63, 3.8) is 0 Å². The molecule has 1 aromatic carbocycles. The molecule has 2 atom stereocenters. The number of hydrogen-bond donors (Lipinski definition) is 1. The van der Waals surface area contributed by atoms with Crippen molar-refractivity contribution in [1.82, 2.24) is 10.2 Å². The smallest absolute Gasteiger partial charge is 0.406 e. The lowest BCUT2D eigenvalue weighted by atomic mass is 10.1. The van der Waals surface area contributed by atoms with E-state index in [1.165, 1.54) is 12.1 Å². The first-order chi connectivity index (χ1) is 9.32. The number of alkyl halides is 3. The maximum Gasteiger partial charge on any atom is 0.573 e. The second kappa shape index (κ2) is 7.33. The third-order valence-electron chi connectivity index (χ3n) is 3.17. The summed E-state index contributed by atoms with van der Waals surface area (Å²) in [5, 5.41) is 3.42. The Labute approximate surface area is 128 Å². The summed E-state index contributed by atoms with van der Waals surface area (Å²) in [5.41, 5.74) is 0.827. The maximum atomic E-state index is 12.2. The first-order valence-corrected chi connectivity index (χ1v) is 6.65. The minimum Gasteiger partial charge on any atom is -0.406 e. The Hall–Kier alpha value is -0.980. The third kappa shape index (κ3) is 6.11. The Balaban J connectivity index is 0.00000220. The lowest BCUT2D eigenvalue weighted by Crippen LogP contribution is -2.53. The number of nitrogens with zero attached hydrogens (tertiary/aromatic N) is 1. The molecule has 0 saturated carbocycles. The third-order valence-corrected chi connectivity index (χ3v) is 3.17. The van der Waals surface area contributed by atoms with E-state index in [9.17, 15) is 13.2 Å². The molecule has 0 aromatic heterocycles. The van der Waals surface area contributed by atoms with Crippen molar-refractivity contribution >= 4 is 12.4 Å². The number of nitrogens with one attached hydrogen (secondary N) is 1. The highest BCUT2D eigenvalue weighted by Crippen LogP contribution is 2.24. The molecule has 120 valence electrons. The summed E-state index contributed by atoms with van der Waals surface area (Å²) in [5.74, 6) is -0.161. The Bertz CT molecular complexity index is 446. The molecule has 0 amide bonds. The summed E-state index contributed by atoms with van der Waals surface area (Å²) in [4.78, 5) is 2.23. The molecule has 7 heteroatoms. The van der Waals surface area contributed by atoms with Gasteiger partial charge in [-0.3, -0.25) is 4.90 Å². The fraction of sp³-hybridized carbons (Fsp3) is 0.571. The summed E-state index contributed by atoms with van der Waals surface area (Å²) in [6, 6.07) is 6.94. The molecule has 1 heterocycles. The Morgan fingerprint density at radius 3 is 2.43 bits per heavy atom. The summed E-state index contributed by atoms with van der Waals surface area (Å²) < 4.78 is 40.5. The molecule has 1 aromatic rings. The van der Waals surface area contributed by atoms with Gasteiger partial charge < -0.3 is 10.1 Å². The van der Waals surface area contributed by atoms with Gasteiger partial charge in [-0.1, -0.05) is 12.1 Å². The largest absolute Gasteiger partial charge is 0.573 e. The number of rotatable bonds is 3. The number of benzene rings is 1. The van der Waals surface area contributed by atoms with E-state index in [2.05, 4.69) is 28.8 Å². The molecule has 3 nitrogen and oxygen atoms in total. The number of ether oxygens (including phenoxy) is 1. The van der Waals surface area contributed by atoms with E-state index in [4.69, 9.17) is 0 Å². The van der Waals surface area contributed by atoms with Crippen molar-refractivity contribution in [2.45, 2.75) is 38.8 Å². The number of hydrogen-bond acceptors (Lipinski definition) is 3. The zero-order chi connectivity index (χ0) is 14.8. The summed E-state index contributed by atoms with van der Waals surface area (Å²) in [7, 11) is 0. The van der Waals surface area contributed by atoms with Crippen molar-refractivity contribution in [3.05, 3.63) is 29.8 Å². The topological polar surface area (TPSA) is 24.5 Å². The highest BCUT2D eigenvalue weighted by molar-refractivity contribution is 5.85. The van der Waals surface area contributed by atoms with E-state index in [0.29, 0.717) is 18.6 Å². The van der Waals surface area contributed by atoms with E-state index >= 15 is 0 Å². The number of piperazine rings is 1. The SMILES string of the molecule is CC1CN(Cc2cccc(OC(F)(F)F)c2)CC(C)N1.Cl. The zero-order valence-corrected chi connectivity index (χ0v) is 12.8. The predicted octanol–water partition coefficient (Wildman–Crippen LogP) is 3.19. The highest BCUT2D eigenvalue weighted by atomic mass is 35.5. The number of halogens is 4. The first kappa shape index (κ1) is 18.1. The van der Waals surface area contributed by atoms with Gasteiger partial charge >= 0.3 is 6.36 Å². The second-order valence-electron chi connectivity index (χ2n) is 5.36. The quantitative estimate of drug-likeness (QED) is 0.924. The summed E-state index contributed by atoms with van der Waals surface area (Å²) >= 11 is 0. The first-order valence-electron chi connectivity index (χ1n) is 6.65. The molecule has 1 aliphatic rings. The van der Waals surface area contributed by atoms with Crippen LogP contribution in [0, 0.1) is 0 Å². The van der Waals surface area contributed by atoms with Crippen LogP contribution in [0.2, 0.25) is 0 Å². The van der Waals surface area contributed by atoms with E-state index in [0.717, 1.165) is 18.7 Å². The molecule has 0 radical (unpaired) electrons. The molecule has 2 rings (SSSR count). The lowest BCUT2D eigenvalue weighted by Gasteiger charge is -2.36. The van der Waals surface area contributed by atoms with Crippen molar-refractivity contribution in [1.29, 1.82) is 0 Å². The predicted molar refractivity (Wildman–Crippen MR) is 77.7 cm³/mol. The van der Waals surface area contributed by atoms with Crippen LogP contribution in [0.15, 0.2) is 24.3 Å². The summed E-state index contributed by atoms with van der Waals surface area (Å²) in [6.07, 6.45) is -4.64. The van der Waals surface area contributed by atoms with Gasteiger partial charge in [0.25, 0.3) is 0 Å². The van der Waals surface area contributed by atoms with E-state index in [-0.39, 0.29) is 18.2 Å². The van der Waals surface area contributed by atoms with Crippen molar-refractivity contribution in [3.8, 4) is 5.75 Å². The fourth-order valence-corrected chi connectivity index (χ4v) is 2.67. The molecule has 0 bridgehead atoms. The molecular weight excluding hydrogens is 305 g/mol. The fourth-order valence-electron chi connectivity index (χ4n) is 2.67. The van der Waals surface area contributed by atoms with Crippen LogP contribution >= 0.6 is 12.4 Å². The van der Waals surface area contributed by atoms with Gasteiger partial charge in [0.15, 0.2) is 0 Å². The molecule has 1 saturated heterocycles. The van der Waals surface area contributed by atoms with Gasteiger partial charge in [0.1, 0.15) is 5.75 Å². The highest BCUT2D eigenvalue weighted by Gasteiger charge is 2.31. The van der Waals surface area contributed by atoms with Crippen LogP contribution in [-0.4, -0.2) is 36.4 Å². The van der Waals surface area contributed by atoms with Crippen LogP contribution < -0.4 is 10.1 Å². The monoisotopic (exact) mass is 324 g/mol. The van der Waals surface area contributed by atoms with Crippen molar-refractivity contribution in [2.75, 3.05) is 13.1 Å². The van der Waals surface area contributed by atoms with Crippen molar-refractivity contribution < 1.29 is 17.9 Å². The molecule has 2 unspecified atom stereocenters. The normalized spacial score (nSPS) is 23.5. The van der Waals surface area contributed by atoms with Crippen molar-refractivity contribution in [2.24, 2.45) is 0 Å². The average Bonchev–Trinajstić information content (AvgIpc) is 2.25. The average molecular weight is 325 g/mol. The van der Waals surface area contributed by atoms with Gasteiger partial charge in [-0.05, 0) is 31.5 Å². The Kier molecular flexibility index (Phi) is 6.31. The molecule has 1 fully saturated rings. The van der Waals surface area contributed by atoms with Gasteiger partial charge in [0, 0.05) is 31.7 Å². The lowest BCUT2D eigenvalue weighted by molar-refractivity contribution is -0.274. The van der Waals surface area contributed by atoms with Crippen LogP contribution in [0.25, 0.3) is 0 Å². The van der Waals surface area contributed by atoms with Gasteiger partial charge in [-0.25, -0.2) is 0 Å². The van der Waals surface area contributed by atoms with Crippen LogP contribution in [-0.2, 0) is 6.54 Å². The van der Waals surface area contributed by atoms with E-state index in [1.54, 1.807) is 6.07 Å². The molecular formula is C14H20ClF3N2O. The van der Waals surface area contributed by atoms with E-state index in [1.807, 2.05) is 6.07 Å². The van der Waals surface area contributed by atoms with Gasteiger partial charge in [0.05, 0.1) is 0 Å². The maximum absolute atomic E-state index is 12.2. The van der Waals surface area contributed by atoms with E-state index < -0.39 is 6.36 Å². The van der Waals surface area contributed by atoms with Gasteiger partial charge in [-0.15, -0.1) is 25.6 Å². The summed E-state index contributed by atoms with van der Waals surface area (Å²) in [6.45, 7) is 6.60. The van der Waals surface area contributed by atoms with Crippen LogP contribution in [0.5, 0.6) is 5.75 Å². The standard InChI is InChI=1S/C14H19F3N2O.ClH/c1-10-7-19(8-11(2)18-10)9-12-4-3-5-13(6-12)20-14(15,16)17;/h3-6,10-11,18H,7-9H2,1-2H3;1H. The molecule has 1 aliphatic heterocycles. The molecule has 0 spiro atoms.